The van der Waals surface area contributed by atoms with Crippen LogP contribution in [0.25, 0.3) is 0 Å². The number of carbonyl (C=O) groups is 2. The van der Waals surface area contributed by atoms with Gasteiger partial charge in [-0.2, -0.15) is 0 Å². The summed E-state index contributed by atoms with van der Waals surface area (Å²) in [5.41, 5.74) is 3.64. The number of nitrogens with zero attached hydrogens (tertiary/aromatic N) is 1. The largest absolute Gasteiger partial charge is 0.328 e. The number of piperidine rings is 1. The molecule has 3 saturated carbocycles. The quantitative estimate of drug-likeness (QED) is 0.379. The summed E-state index contributed by atoms with van der Waals surface area (Å²) in [5, 5.41) is 3.68. The van der Waals surface area contributed by atoms with Gasteiger partial charge in [0.25, 0.3) is 0 Å². The van der Waals surface area contributed by atoms with Crippen molar-refractivity contribution in [1.82, 2.24) is 10.2 Å². The van der Waals surface area contributed by atoms with Crippen LogP contribution in [0.5, 0.6) is 0 Å². The highest BCUT2D eigenvalue weighted by atomic mass is 16.2. The number of rotatable bonds is 2. The molecule has 0 unspecified atom stereocenters. The number of hydrogen-bond donors (Lipinski definition) is 1. The Bertz CT molecular complexity index is 1170. The molecule has 1 aromatic rings. The lowest BCUT2D eigenvalue weighted by Crippen LogP contribution is -2.61. The Hall–Kier alpha value is -2.10. The van der Waals surface area contributed by atoms with Crippen molar-refractivity contribution in [2.45, 2.75) is 129 Å². The van der Waals surface area contributed by atoms with E-state index in [0.29, 0.717) is 29.6 Å². The van der Waals surface area contributed by atoms with Gasteiger partial charge in [0.05, 0.1) is 5.54 Å². The van der Waals surface area contributed by atoms with Crippen LogP contribution in [0.3, 0.4) is 0 Å². The van der Waals surface area contributed by atoms with E-state index in [1.54, 1.807) is 0 Å². The summed E-state index contributed by atoms with van der Waals surface area (Å²) in [6, 6.07) is 9.11. The molecule has 1 heterocycles. The summed E-state index contributed by atoms with van der Waals surface area (Å²) >= 11 is 0. The third kappa shape index (κ3) is 4.66. The van der Waals surface area contributed by atoms with Crippen LogP contribution in [0.2, 0.25) is 0 Å². The van der Waals surface area contributed by atoms with Gasteiger partial charge in [0, 0.05) is 30.2 Å². The number of likely N-dealkylation sites (tertiary alicyclic amines) is 1. The maximum absolute atomic E-state index is 14.6. The molecule has 5 atom stereocenters. The van der Waals surface area contributed by atoms with Gasteiger partial charge in [-0.05, 0) is 84.7 Å². The smallest absolute Gasteiger partial charge is 0.322 e. The minimum Gasteiger partial charge on any atom is -0.328 e. The minimum absolute atomic E-state index is 0.0256. The van der Waals surface area contributed by atoms with E-state index in [4.69, 9.17) is 0 Å². The van der Waals surface area contributed by atoms with E-state index >= 15 is 0 Å². The molecule has 4 heteroatoms. The maximum atomic E-state index is 14.6. The van der Waals surface area contributed by atoms with E-state index in [0.717, 1.165) is 44.3 Å². The molecule has 4 aliphatic carbocycles. The monoisotopic (exact) mass is 544 g/mol. The van der Waals surface area contributed by atoms with Gasteiger partial charge in [-0.3, -0.25) is 9.69 Å². The van der Waals surface area contributed by atoms with Gasteiger partial charge < -0.3 is 5.32 Å². The molecular weight excluding hydrogens is 492 g/mol. The maximum Gasteiger partial charge on any atom is 0.322 e. The summed E-state index contributed by atoms with van der Waals surface area (Å²) in [6.45, 7) is 12.4. The van der Waals surface area contributed by atoms with E-state index in [9.17, 15) is 9.59 Å². The van der Waals surface area contributed by atoms with Crippen molar-refractivity contribution in [3.05, 3.63) is 47.2 Å². The molecule has 0 aromatic heterocycles. The lowest BCUT2D eigenvalue weighted by atomic mass is 9.50. The van der Waals surface area contributed by atoms with Crippen molar-refractivity contribution in [3.8, 4) is 0 Å². The summed E-state index contributed by atoms with van der Waals surface area (Å²) in [6.07, 6.45) is 16.5. The summed E-state index contributed by atoms with van der Waals surface area (Å²) < 4.78 is 0. The first kappa shape index (κ1) is 28.0. The number of carbonyl (C=O) groups excluding carboxylic acids is 2. The Morgan fingerprint density at radius 2 is 1.57 bits per heavy atom. The number of allylic oxidation sites excluding steroid dienone is 2. The van der Waals surface area contributed by atoms with Gasteiger partial charge in [-0.15, -0.1) is 0 Å². The van der Waals surface area contributed by atoms with Gasteiger partial charge in [0.15, 0.2) is 5.78 Å². The molecule has 2 amide bonds. The number of ketones is 1. The molecule has 1 N–H and O–H groups in total. The van der Waals surface area contributed by atoms with Crippen molar-refractivity contribution in [2.24, 2.45) is 28.6 Å². The summed E-state index contributed by atoms with van der Waals surface area (Å²) in [5.74, 6) is 1.98. The molecule has 6 rings (SSSR count). The highest BCUT2D eigenvalue weighted by Gasteiger charge is 2.59. The molecule has 0 bridgehead atoms. The van der Waals surface area contributed by atoms with Gasteiger partial charge in [0.1, 0.15) is 0 Å². The van der Waals surface area contributed by atoms with Gasteiger partial charge in [-0.1, -0.05) is 91.0 Å². The number of benzene rings is 1. The molecule has 218 valence electrons. The average Bonchev–Trinajstić information content (AvgIpc) is 3.16. The fourth-order valence-electron chi connectivity index (χ4n) is 9.87. The Kier molecular flexibility index (Phi) is 7.02. The fourth-order valence-corrected chi connectivity index (χ4v) is 9.87. The molecule has 4 fully saturated rings. The van der Waals surface area contributed by atoms with E-state index < -0.39 is 0 Å². The van der Waals surface area contributed by atoms with Gasteiger partial charge in [-0.25, -0.2) is 4.79 Å². The van der Waals surface area contributed by atoms with Crippen LogP contribution in [-0.2, 0) is 15.7 Å². The van der Waals surface area contributed by atoms with E-state index in [-0.39, 0.29) is 28.2 Å². The summed E-state index contributed by atoms with van der Waals surface area (Å²) in [4.78, 5) is 29.5. The number of fused-ring (bicyclic) bond motifs is 5. The zero-order valence-corrected chi connectivity index (χ0v) is 25.8. The first-order valence-corrected chi connectivity index (χ1v) is 16.4. The molecule has 1 aliphatic heterocycles. The van der Waals surface area contributed by atoms with Crippen LogP contribution in [0.1, 0.15) is 129 Å². The first-order valence-electron chi connectivity index (χ1n) is 16.4. The Morgan fingerprint density at radius 3 is 2.25 bits per heavy atom. The second kappa shape index (κ2) is 10.0. The molecule has 4 nitrogen and oxygen atoms in total. The van der Waals surface area contributed by atoms with Crippen LogP contribution in [0.4, 0.5) is 4.79 Å². The Balaban J connectivity index is 1.35. The SMILES string of the molecule is CC(C)(C)c1ccc(C2(NC(=O)N3C[C@H]4[C@@H]5CCC[C@@]5(C)CC[C@@H]4[C@@]4(C)CCC(=O)C=C34)CCCCCC2)cc1. The van der Waals surface area contributed by atoms with E-state index in [2.05, 4.69) is 69.1 Å². The molecule has 0 radical (unpaired) electrons. The lowest BCUT2D eigenvalue weighted by Gasteiger charge is -2.59. The number of urea groups is 1. The normalized spacial score (nSPS) is 35.6. The molecular formula is C36H52N2O2. The Morgan fingerprint density at radius 1 is 0.875 bits per heavy atom. The minimum atomic E-state index is -0.356. The van der Waals surface area contributed by atoms with Crippen LogP contribution >= 0.6 is 0 Å². The predicted octanol–water partition coefficient (Wildman–Crippen LogP) is 8.64. The highest BCUT2D eigenvalue weighted by Crippen LogP contribution is 2.64. The van der Waals surface area contributed by atoms with Gasteiger partial charge in [0.2, 0.25) is 0 Å². The summed E-state index contributed by atoms with van der Waals surface area (Å²) in [7, 11) is 0. The van der Waals surface area contributed by atoms with Crippen LogP contribution in [0, 0.1) is 28.6 Å². The second-order valence-corrected chi connectivity index (χ2v) is 15.7. The second-order valence-electron chi connectivity index (χ2n) is 15.7. The highest BCUT2D eigenvalue weighted by molar-refractivity contribution is 5.93. The van der Waals surface area contributed by atoms with Crippen LogP contribution in [0.15, 0.2) is 36.0 Å². The van der Waals surface area contributed by atoms with Crippen molar-refractivity contribution in [2.75, 3.05) is 6.54 Å². The number of nitrogens with one attached hydrogen (secondary N) is 1. The first-order chi connectivity index (χ1) is 19.0. The average molecular weight is 545 g/mol. The molecule has 5 aliphatic rings. The standard InChI is InChI=1S/C36H52N2O2/c1-33(2,3)25-12-14-26(15-13-25)36(19-8-6-7-9-20-36)37-32(40)38-24-28-29-11-10-18-34(29,4)21-17-30(28)35(5)22-16-27(39)23-31(35)38/h12-15,23,28-30H,6-11,16-22,24H2,1-5H3,(H,37,40)/t28-,29-,30-,34-,35+/m0/s1. The Labute approximate surface area is 242 Å². The molecule has 0 spiro atoms. The van der Waals surface area contributed by atoms with E-state index in [1.165, 1.54) is 56.1 Å². The van der Waals surface area contributed by atoms with Crippen molar-refractivity contribution in [3.63, 3.8) is 0 Å². The number of amides is 2. The van der Waals surface area contributed by atoms with Crippen molar-refractivity contribution < 1.29 is 9.59 Å². The number of hydrogen-bond acceptors (Lipinski definition) is 2. The molecule has 40 heavy (non-hydrogen) atoms. The predicted molar refractivity (Wildman–Crippen MR) is 162 cm³/mol. The molecule has 1 aromatic carbocycles. The van der Waals surface area contributed by atoms with Crippen molar-refractivity contribution >= 4 is 11.8 Å². The zero-order chi connectivity index (χ0) is 28.3. The molecule has 1 saturated heterocycles. The van der Waals surface area contributed by atoms with E-state index in [1.807, 2.05) is 6.08 Å². The third-order valence-electron chi connectivity index (χ3n) is 12.3. The zero-order valence-electron chi connectivity index (χ0n) is 25.8. The van der Waals surface area contributed by atoms with Crippen LogP contribution < -0.4 is 5.32 Å². The third-order valence-corrected chi connectivity index (χ3v) is 12.3. The van der Waals surface area contributed by atoms with Gasteiger partial charge >= 0.3 is 6.03 Å². The lowest BCUT2D eigenvalue weighted by molar-refractivity contribution is -0.118. The van der Waals surface area contributed by atoms with Crippen LogP contribution in [-0.4, -0.2) is 23.3 Å². The van der Waals surface area contributed by atoms with Crippen molar-refractivity contribution in [1.29, 1.82) is 0 Å². The topological polar surface area (TPSA) is 49.4 Å². The fraction of sp³-hybridized carbons (Fsp3) is 0.722.